The van der Waals surface area contributed by atoms with Gasteiger partial charge in [-0.05, 0) is 19.1 Å². The maximum Gasteiger partial charge on any atom is 0.144 e. The summed E-state index contributed by atoms with van der Waals surface area (Å²) in [6.07, 6.45) is 0. The molecule has 1 unspecified atom stereocenters. The van der Waals surface area contributed by atoms with Gasteiger partial charge in [0.15, 0.2) is 0 Å². The van der Waals surface area contributed by atoms with Crippen LogP contribution in [0.15, 0.2) is 18.2 Å². The molecule has 0 spiro atoms. The van der Waals surface area contributed by atoms with E-state index in [1.54, 1.807) is 7.11 Å². The third-order valence-electron chi connectivity index (χ3n) is 2.58. The highest BCUT2D eigenvalue weighted by Gasteiger charge is 2.19. The number of hydrogen-bond acceptors (Lipinski definition) is 4. The molecule has 2 N–H and O–H groups in total. The average Bonchev–Trinajstić information content (AvgIpc) is 2.30. The lowest BCUT2D eigenvalue weighted by molar-refractivity contribution is 0.188. The van der Waals surface area contributed by atoms with Gasteiger partial charge in [0, 0.05) is 13.7 Å². The van der Waals surface area contributed by atoms with E-state index in [-0.39, 0.29) is 0 Å². The van der Waals surface area contributed by atoms with E-state index in [9.17, 15) is 0 Å². The van der Waals surface area contributed by atoms with Crippen LogP contribution in [0.2, 0.25) is 0 Å². The van der Waals surface area contributed by atoms with Gasteiger partial charge in [-0.1, -0.05) is 6.07 Å². The molecule has 0 saturated carbocycles. The van der Waals surface area contributed by atoms with Gasteiger partial charge in [-0.3, -0.25) is 0 Å². The number of para-hydroxylation sites is 1. The Hall–Kier alpha value is -1.42. The van der Waals surface area contributed by atoms with Crippen LogP contribution in [-0.4, -0.2) is 32.9 Å². The molecule has 0 saturated heterocycles. The van der Waals surface area contributed by atoms with Gasteiger partial charge in [-0.25, -0.2) is 0 Å². The molecule has 1 aromatic rings. The van der Waals surface area contributed by atoms with E-state index in [0.717, 1.165) is 23.7 Å². The first kappa shape index (κ1) is 11.1. The number of fused-ring (bicyclic) bond motifs is 1. The number of benzene rings is 1. The predicted octanol–water partition coefficient (Wildman–Crippen LogP) is 1.94. The third kappa shape index (κ3) is 2.22. The maximum absolute atomic E-state index is 5.57. The summed E-state index contributed by atoms with van der Waals surface area (Å²) in [5.41, 5.74) is 2.14. The lowest BCUT2D eigenvalue weighted by Crippen LogP contribution is -2.36. The van der Waals surface area contributed by atoms with E-state index < -0.39 is 0 Å². The van der Waals surface area contributed by atoms with Crippen LogP contribution in [-0.2, 0) is 4.74 Å². The Bertz CT molecular complexity index is 355. The minimum atomic E-state index is 0.314. The summed E-state index contributed by atoms with van der Waals surface area (Å²) in [5, 5.41) is 6.81. The standard InChI is InChI=1S/C12H18N2O2/c1-3-16-11-6-4-5-10-12(11)13-7-9(14-10)8-15-2/h4-6,9,13-14H,3,7-8H2,1-2H3. The van der Waals surface area contributed by atoms with Gasteiger partial charge in [0.1, 0.15) is 11.4 Å². The molecule has 1 atom stereocenters. The Morgan fingerprint density at radius 1 is 1.44 bits per heavy atom. The fourth-order valence-electron chi connectivity index (χ4n) is 1.91. The Morgan fingerprint density at radius 2 is 2.31 bits per heavy atom. The molecule has 0 fully saturated rings. The summed E-state index contributed by atoms with van der Waals surface area (Å²) in [7, 11) is 1.72. The minimum Gasteiger partial charge on any atom is -0.492 e. The quantitative estimate of drug-likeness (QED) is 0.817. The van der Waals surface area contributed by atoms with E-state index in [1.165, 1.54) is 0 Å². The van der Waals surface area contributed by atoms with Crippen LogP contribution in [0.4, 0.5) is 11.4 Å². The Labute approximate surface area is 95.9 Å². The van der Waals surface area contributed by atoms with Crippen LogP contribution < -0.4 is 15.4 Å². The van der Waals surface area contributed by atoms with Crippen LogP contribution in [0, 0.1) is 0 Å². The average molecular weight is 222 g/mol. The van der Waals surface area contributed by atoms with Crippen molar-refractivity contribution in [1.29, 1.82) is 0 Å². The van der Waals surface area contributed by atoms with Gasteiger partial charge < -0.3 is 20.1 Å². The number of rotatable bonds is 4. The molecule has 0 aliphatic carbocycles. The predicted molar refractivity (Wildman–Crippen MR) is 65.4 cm³/mol. The molecule has 0 aromatic heterocycles. The fraction of sp³-hybridized carbons (Fsp3) is 0.500. The lowest BCUT2D eigenvalue weighted by atomic mass is 10.1. The second kappa shape index (κ2) is 5.07. The van der Waals surface area contributed by atoms with Crippen molar-refractivity contribution in [1.82, 2.24) is 0 Å². The fourth-order valence-corrected chi connectivity index (χ4v) is 1.91. The summed E-state index contributed by atoms with van der Waals surface area (Å²) >= 11 is 0. The lowest BCUT2D eigenvalue weighted by Gasteiger charge is -2.29. The van der Waals surface area contributed by atoms with Crippen molar-refractivity contribution in [3.63, 3.8) is 0 Å². The van der Waals surface area contributed by atoms with E-state index in [1.807, 2.05) is 25.1 Å². The Morgan fingerprint density at radius 3 is 3.06 bits per heavy atom. The van der Waals surface area contributed by atoms with Crippen LogP contribution in [0.1, 0.15) is 6.92 Å². The molecule has 2 rings (SSSR count). The van der Waals surface area contributed by atoms with Gasteiger partial charge in [0.2, 0.25) is 0 Å². The summed E-state index contributed by atoms with van der Waals surface area (Å²) < 4.78 is 10.7. The molecule has 0 bridgehead atoms. The topological polar surface area (TPSA) is 42.5 Å². The number of nitrogens with one attached hydrogen (secondary N) is 2. The summed E-state index contributed by atoms with van der Waals surface area (Å²) in [4.78, 5) is 0. The normalized spacial score (nSPS) is 18.2. The summed E-state index contributed by atoms with van der Waals surface area (Å²) in [6, 6.07) is 6.34. The molecule has 0 amide bonds. The zero-order chi connectivity index (χ0) is 11.4. The molecular weight excluding hydrogens is 204 g/mol. The van der Waals surface area contributed by atoms with Crippen LogP contribution >= 0.6 is 0 Å². The Balaban J connectivity index is 2.17. The zero-order valence-corrected chi connectivity index (χ0v) is 9.75. The maximum atomic E-state index is 5.57. The zero-order valence-electron chi connectivity index (χ0n) is 9.75. The van der Waals surface area contributed by atoms with E-state index in [4.69, 9.17) is 9.47 Å². The highest BCUT2D eigenvalue weighted by molar-refractivity contribution is 5.77. The number of methoxy groups -OCH3 is 1. The van der Waals surface area contributed by atoms with Crippen molar-refractivity contribution in [3.05, 3.63) is 18.2 Å². The van der Waals surface area contributed by atoms with Gasteiger partial charge >= 0.3 is 0 Å². The Kier molecular flexibility index (Phi) is 3.51. The monoisotopic (exact) mass is 222 g/mol. The molecule has 4 nitrogen and oxygen atoms in total. The van der Waals surface area contributed by atoms with Gasteiger partial charge in [-0.2, -0.15) is 0 Å². The molecule has 1 aliphatic rings. The highest BCUT2D eigenvalue weighted by Crippen LogP contribution is 2.35. The van der Waals surface area contributed by atoms with Crippen molar-refractivity contribution in [2.24, 2.45) is 0 Å². The summed E-state index contributed by atoms with van der Waals surface area (Å²) in [6.45, 7) is 4.22. The first-order valence-electron chi connectivity index (χ1n) is 5.60. The second-order valence-corrected chi connectivity index (χ2v) is 3.79. The van der Waals surface area contributed by atoms with Gasteiger partial charge in [-0.15, -0.1) is 0 Å². The SMILES string of the molecule is CCOc1cccc2c1NCC(COC)N2. The number of hydrogen-bond donors (Lipinski definition) is 2. The van der Waals surface area contributed by atoms with E-state index in [2.05, 4.69) is 10.6 Å². The van der Waals surface area contributed by atoms with Crippen molar-refractivity contribution in [3.8, 4) is 5.75 Å². The van der Waals surface area contributed by atoms with Crippen molar-refractivity contribution in [2.45, 2.75) is 13.0 Å². The third-order valence-corrected chi connectivity index (χ3v) is 2.58. The van der Waals surface area contributed by atoms with Crippen molar-refractivity contribution >= 4 is 11.4 Å². The smallest absolute Gasteiger partial charge is 0.144 e. The molecule has 16 heavy (non-hydrogen) atoms. The number of ether oxygens (including phenoxy) is 2. The highest BCUT2D eigenvalue weighted by atomic mass is 16.5. The van der Waals surface area contributed by atoms with Crippen LogP contribution in [0.5, 0.6) is 5.75 Å². The van der Waals surface area contributed by atoms with Crippen LogP contribution in [0.25, 0.3) is 0 Å². The summed E-state index contributed by atoms with van der Waals surface area (Å²) in [5.74, 6) is 0.906. The molecular formula is C12H18N2O2. The van der Waals surface area contributed by atoms with Crippen molar-refractivity contribution in [2.75, 3.05) is 37.5 Å². The molecule has 1 aliphatic heterocycles. The first-order chi connectivity index (χ1) is 7.85. The number of anilines is 2. The molecule has 4 heteroatoms. The molecule has 1 aromatic carbocycles. The van der Waals surface area contributed by atoms with Crippen molar-refractivity contribution < 1.29 is 9.47 Å². The van der Waals surface area contributed by atoms with E-state index in [0.29, 0.717) is 19.3 Å². The molecule has 1 heterocycles. The van der Waals surface area contributed by atoms with Crippen LogP contribution in [0.3, 0.4) is 0 Å². The van der Waals surface area contributed by atoms with E-state index >= 15 is 0 Å². The second-order valence-electron chi connectivity index (χ2n) is 3.79. The minimum absolute atomic E-state index is 0.314. The largest absolute Gasteiger partial charge is 0.492 e. The van der Waals surface area contributed by atoms with Gasteiger partial charge in [0.05, 0.1) is 24.9 Å². The molecule has 88 valence electrons. The first-order valence-corrected chi connectivity index (χ1v) is 5.60. The van der Waals surface area contributed by atoms with Gasteiger partial charge in [0.25, 0.3) is 0 Å². The molecule has 0 radical (unpaired) electrons.